The minimum atomic E-state index is 0.193. The van der Waals surface area contributed by atoms with Gasteiger partial charge in [0, 0.05) is 14.8 Å². The molecule has 0 spiro atoms. The van der Waals surface area contributed by atoms with Crippen molar-refractivity contribution in [3.05, 3.63) is 56.2 Å². The molecular weight excluding hydrogens is 274 g/mol. The first-order chi connectivity index (χ1) is 9.13. The van der Waals surface area contributed by atoms with E-state index in [-0.39, 0.29) is 6.04 Å². The molecule has 0 aliphatic carbocycles. The highest BCUT2D eigenvalue weighted by Gasteiger charge is 2.19. The second-order valence-corrected chi connectivity index (χ2v) is 6.64. The molecule has 0 aliphatic rings. The van der Waals surface area contributed by atoms with E-state index in [1.54, 1.807) is 0 Å². The molecule has 1 nitrogen and oxygen atoms in total. The van der Waals surface area contributed by atoms with Crippen LogP contribution in [0.4, 0.5) is 0 Å². The van der Waals surface area contributed by atoms with Gasteiger partial charge in [-0.2, -0.15) is 0 Å². The Bertz CT molecular complexity index is 547. The van der Waals surface area contributed by atoms with Crippen molar-refractivity contribution < 1.29 is 0 Å². The van der Waals surface area contributed by atoms with Gasteiger partial charge in [0.05, 0.1) is 6.04 Å². The summed E-state index contributed by atoms with van der Waals surface area (Å²) in [6, 6.07) is 10.6. The van der Waals surface area contributed by atoms with E-state index in [1.807, 2.05) is 23.5 Å². The van der Waals surface area contributed by atoms with Crippen molar-refractivity contribution in [1.29, 1.82) is 0 Å². The maximum absolute atomic E-state index is 6.37. The van der Waals surface area contributed by atoms with Crippen LogP contribution in [0.1, 0.15) is 40.3 Å². The minimum Gasteiger partial charge on any atom is -0.306 e. The van der Waals surface area contributed by atoms with Gasteiger partial charge in [0.25, 0.3) is 0 Å². The predicted octanol–water partition coefficient (Wildman–Crippen LogP) is 5.11. The lowest BCUT2D eigenvalue weighted by Crippen LogP contribution is -2.23. The van der Waals surface area contributed by atoms with Crippen LogP contribution in [0.15, 0.2) is 30.3 Å². The fourth-order valence-electron chi connectivity index (χ4n) is 2.32. The van der Waals surface area contributed by atoms with Crippen LogP contribution in [-0.4, -0.2) is 6.54 Å². The van der Waals surface area contributed by atoms with Gasteiger partial charge in [0.1, 0.15) is 0 Å². The lowest BCUT2D eigenvalue weighted by atomic mass is 9.99. The zero-order valence-electron chi connectivity index (χ0n) is 11.7. The lowest BCUT2D eigenvalue weighted by molar-refractivity contribution is 0.598. The Kier molecular flexibility index (Phi) is 5.03. The zero-order valence-corrected chi connectivity index (χ0v) is 13.2. The van der Waals surface area contributed by atoms with Gasteiger partial charge in [-0.1, -0.05) is 36.7 Å². The Balaban J connectivity index is 2.41. The normalized spacial score (nSPS) is 12.6. The molecule has 1 atom stereocenters. The number of benzene rings is 1. The molecule has 0 bridgehead atoms. The smallest absolute Gasteiger partial charge is 0.0602 e. The fraction of sp³-hybridized carbons (Fsp3) is 0.375. The molecule has 19 heavy (non-hydrogen) atoms. The van der Waals surface area contributed by atoms with Gasteiger partial charge in [-0.3, -0.25) is 0 Å². The van der Waals surface area contributed by atoms with Crippen LogP contribution in [0.25, 0.3) is 0 Å². The molecule has 2 rings (SSSR count). The van der Waals surface area contributed by atoms with Crippen LogP contribution in [0.2, 0.25) is 5.02 Å². The summed E-state index contributed by atoms with van der Waals surface area (Å²) in [6.07, 6.45) is 1.11. The van der Waals surface area contributed by atoms with E-state index in [1.165, 1.54) is 20.9 Å². The van der Waals surface area contributed by atoms with E-state index in [0.29, 0.717) is 0 Å². The van der Waals surface area contributed by atoms with Crippen molar-refractivity contribution in [3.63, 3.8) is 0 Å². The number of nitrogens with one attached hydrogen (secondary N) is 1. The minimum absolute atomic E-state index is 0.193. The molecule has 3 heteroatoms. The summed E-state index contributed by atoms with van der Waals surface area (Å²) in [5.41, 5.74) is 2.52. The molecule has 0 saturated heterocycles. The second-order valence-electron chi connectivity index (χ2n) is 4.78. The number of rotatable bonds is 5. The Morgan fingerprint density at radius 3 is 2.53 bits per heavy atom. The first-order valence-corrected chi connectivity index (χ1v) is 7.87. The monoisotopic (exact) mass is 293 g/mol. The molecule has 0 aliphatic heterocycles. The van der Waals surface area contributed by atoms with E-state index in [0.717, 1.165) is 18.0 Å². The molecule has 2 aromatic rings. The van der Waals surface area contributed by atoms with Crippen molar-refractivity contribution in [2.24, 2.45) is 0 Å². The summed E-state index contributed by atoms with van der Waals surface area (Å²) in [5.74, 6) is 0. The molecule has 0 saturated carbocycles. The van der Waals surface area contributed by atoms with E-state index < -0.39 is 0 Å². The average molecular weight is 294 g/mol. The molecule has 1 aromatic carbocycles. The molecule has 0 radical (unpaired) electrons. The lowest BCUT2D eigenvalue weighted by Gasteiger charge is -2.20. The Morgan fingerprint density at radius 1 is 1.21 bits per heavy atom. The van der Waals surface area contributed by atoms with Gasteiger partial charge >= 0.3 is 0 Å². The van der Waals surface area contributed by atoms with Crippen molar-refractivity contribution in [2.75, 3.05) is 6.54 Å². The van der Waals surface area contributed by atoms with Crippen molar-refractivity contribution in [1.82, 2.24) is 5.32 Å². The van der Waals surface area contributed by atoms with Gasteiger partial charge < -0.3 is 5.32 Å². The largest absolute Gasteiger partial charge is 0.306 e. The molecule has 102 valence electrons. The highest BCUT2D eigenvalue weighted by atomic mass is 35.5. The molecule has 0 fully saturated rings. The number of halogens is 1. The standard InChI is InChI=1S/C16H20ClNS/c1-4-9-18-16(13-7-5-6-8-15(13)17)14-10-11(2)19-12(14)3/h5-8,10,16,18H,4,9H2,1-3H3. The van der Waals surface area contributed by atoms with Gasteiger partial charge in [-0.25, -0.2) is 0 Å². The summed E-state index contributed by atoms with van der Waals surface area (Å²) in [5, 5.41) is 4.45. The maximum atomic E-state index is 6.37. The van der Waals surface area contributed by atoms with E-state index in [2.05, 4.69) is 44.3 Å². The van der Waals surface area contributed by atoms with Crippen LogP contribution in [-0.2, 0) is 0 Å². The molecule has 1 heterocycles. The number of hydrogen-bond acceptors (Lipinski definition) is 2. The topological polar surface area (TPSA) is 12.0 Å². The molecular formula is C16H20ClNS. The summed E-state index contributed by atoms with van der Waals surface area (Å²) in [7, 11) is 0. The second kappa shape index (κ2) is 6.56. The van der Waals surface area contributed by atoms with Gasteiger partial charge in [-0.15, -0.1) is 11.3 Å². The van der Waals surface area contributed by atoms with Crippen LogP contribution in [0.3, 0.4) is 0 Å². The van der Waals surface area contributed by atoms with Crippen LogP contribution >= 0.6 is 22.9 Å². The molecule has 1 aromatic heterocycles. The van der Waals surface area contributed by atoms with Gasteiger partial charge in [0.15, 0.2) is 0 Å². The van der Waals surface area contributed by atoms with E-state index >= 15 is 0 Å². The van der Waals surface area contributed by atoms with Crippen LogP contribution in [0.5, 0.6) is 0 Å². The highest BCUT2D eigenvalue weighted by Crippen LogP contribution is 2.33. The van der Waals surface area contributed by atoms with Crippen molar-refractivity contribution in [2.45, 2.75) is 33.2 Å². The SMILES string of the molecule is CCCNC(c1ccccc1Cl)c1cc(C)sc1C. The third kappa shape index (κ3) is 3.38. The number of thiophene rings is 1. The average Bonchev–Trinajstić information content (AvgIpc) is 2.71. The molecule has 1 unspecified atom stereocenters. The maximum Gasteiger partial charge on any atom is 0.0602 e. The fourth-order valence-corrected chi connectivity index (χ4v) is 3.53. The summed E-state index contributed by atoms with van der Waals surface area (Å²) < 4.78 is 0. The first kappa shape index (κ1) is 14.6. The first-order valence-electron chi connectivity index (χ1n) is 6.68. The van der Waals surface area contributed by atoms with Crippen molar-refractivity contribution in [3.8, 4) is 0 Å². The molecule has 0 amide bonds. The zero-order chi connectivity index (χ0) is 13.8. The third-order valence-electron chi connectivity index (χ3n) is 3.21. The van der Waals surface area contributed by atoms with Crippen LogP contribution < -0.4 is 5.32 Å². The van der Waals surface area contributed by atoms with Crippen molar-refractivity contribution >= 4 is 22.9 Å². The van der Waals surface area contributed by atoms with E-state index in [9.17, 15) is 0 Å². The quantitative estimate of drug-likeness (QED) is 0.808. The van der Waals surface area contributed by atoms with Gasteiger partial charge in [-0.05, 0) is 50.1 Å². The highest BCUT2D eigenvalue weighted by molar-refractivity contribution is 7.12. The third-order valence-corrected chi connectivity index (χ3v) is 4.53. The Hall–Kier alpha value is -0.830. The van der Waals surface area contributed by atoms with Gasteiger partial charge in [0.2, 0.25) is 0 Å². The summed E-state index contributed by atoms with van der Waals surface area (Å²) in [6.45, 7) is 7.52. The Morgan fingerprint density at radius 2 is 1.95 bits per heavy atom. The van der Waals surface area contributed by atoms with E-state index in [4.69, 9.17) is 11.6 Å². The summed E-state index contributed by atoms with van der Waals surface area (Å²) >= 11 is 8.22. The summed E-state index contributed by atoms with van der Waals surface area (Å²) in [4.78, 5) is 2.72. The molecule has 1 N–H and O–H groups in total. The number of aryl methyl sites for hydroxylation is 2. The number of hydrogen-bond donors (Lipinski definition) is 1. The van der Waals surface area contributed by atoms with Crippen LogP contribution in [0, 0.1) is 13.8 Å². The Labute approximate surface area is 124 Å². The predicted molar refractivity (Wildman–Crippen MR) is 85.4 cm³/mol.